The van der Waals surface area contributed by atoms with Crippen molar-refractivity contribution >= 4 is 17.3 Å². The highest BCUT2D eigenvalue weighted by molar-refractivity contribution is 6.31. The van der Waals surface area contributed by atoms with E-state index in [9.17, 15) is 0 Å². The summed E-state index contributed by atoms with van der Waals surface area (Å²) in [5.41, 5.74) is 4.50. The molecule has 3 heteroatoms. The highest BCUT2D eigenvalue weighted by Crippen LogP contribution is 2.33. The molecule has 0 aromatic heterocycles. The van der Waals surface area contributed by atoms with Crippen molar-refractivity contribution in [2.24, 2.45) is 0 Å². The van der Waals surface area contributed by atoms with Gasteiger partial charge in [0.25, 0.3) is 0 Å². The Kier molecular flexibility index (Phi) is 4.56. The number of hydrogen-bond donors (Lipinski definition) is 1. The standard InChI is InChI=1S/C17H20ClNO/c1-11-6-5-7-14(8-11)13(3)19-16-9-12(2)15(18)10-17(16)20-4/h5-10,13,19H,1-4H3. The Morgan fingerprint density at radius 3 is 2.55 bits per heavy atom. The van der Waals surface area contributed by atoms with Crippen LogP contribution < -0.4 is 10.1 Å². The third-order valence-corrected chi connectivity index (χ3v) is 3.80. The molecule has 2 aromatic rings. The molecule has 0 heterocycles. The topological polar surface area (TPSA) is 21.3 Å². The van der Waals surface area contributed by atoms with Gasteiger partial charge in [-0.05, 0) is 38.0 Å². The largest absolute Gasteiger partial charge is 0.495 e. The molecule has 2 nitrogen and oxygen atoms in total. The minimum absolute atomic E-state index is 0.198. The van der Waals surface area contributed by atoms with Gasteiger partial charge in [0, 0.05) is 17.1 Å². The summed E-state index contributed by atoms with van der Waals surface area (Å²) in [6.07, 6.45) is 0. The Bertz CT molecular complexity index is 610. The number of aryl methyl sites for hydroxylation is 2. The van der Waals surface area contributed by atoms with E-state index in [1.165, 1.54) is 11.1 Å². The van der Waals surface area contributed by atoms with Crippen molar-refractivity contribution in [3.63, 3.8) is 0 Å². The van der Waals surface area contributed by atoms with E-state index >= 15 is 0 Å². The van der Waals surface area contributed by atoms with Gasteiger partial charge in [-0.3, -0.25) is 0 Å². The van der Waals surface area contributed by atoms with Crippen LogP contribution in [0, 0.1) is 13.8 Å². The van der Waals surface area contributed by atoms with E-state index in [1.807, 2.05) is 19.1 Å². The van der Waals surface area contributed by atoms with Crippen LogP contribution in [0.4, 0.5) is 5.69 Å². The molecule has 0 saturated carbocycles. The minimum atomic E-state index is 0.198. The van der Waals surface area contributed by atoms with E-state index in [-0.39, 0.29) is 6.04 Å². The number of benzene rings is 2. The first kappa shape index (κ1) is 14.7. The second-order valence-corrected chi connectivity index (χ2v) is 5.49. The van der Waals surface area contributed by atoms with Crippen LogP contribution in [-0.4, -0.2) is 7.11 Å². The second-order valence-electron chi connectivity index (χ2n) is 5.08. The molecule has 0 amide bonds. The molecule has 0 aliphatic heterocycles. The van der Waals surface area contributed by atoms with Gasteiger partial charge in [0.15, 0.2) is 0 Å². The van der Waals surface area contributed by atoms with Crippen LogP contribution >= 0.6 is 11.6 Å². The molecule has 0 fully saturated rings. The van der Waals surface area contributed by atoms with Crippen molar-refractivity contribution in [2.75, 3.05) is 12.4 Å². The zero-order chi connectivity index (χ0) is 14.7. The van der Waals surface area contributed by atoms with Gasteiger partial charge in [0.1, 0.15) is 5.75 Å². The number of anilines is 1. The van der Waals surface area contributed by atoms with Crippen LogP contribution in [0.5, 0.6) is 5.75 Å². The molecular weight excluding hydrogens is 270 g/mol. The van der Waals surface area contributed by atoms with Crippen LogP contribution in [-0.2, 0) is 0 Å². The van der Waals surface area contributed by atoms with Gasteiger partial charge < -0.3 is 10.1 Å². The Balaban J connectivity index is 2.27. The molecule has 0 bridgehead atoms. The summed E-state index contributed by atoms with van der Waals surface area (Å²) < 4.78 is 5.39. The minimum Gasteiger partial charge on any atom is -0.495 e. The van der Waals surface area contributed by atoms with Gasteiger partial charge >= 0.3 is 0 Å². The lowest BCUT2D eigenvalue weighted by Crippen LogP contribution is -2.08. The second kappa shape index (κ2) is 6.19. The summed E-state index contributed by atoms with van der Waals surface area (Å²) >= 11 is 6.13. The van der Waals surface area contributed by atoms with Crippen molar-refractivity contribution in [3.05, 3.63) is 58.1 Å². The number of rotatable bonds is 4. The zero-order valence-electron chi connectivity index (χ0n) is 12.3. The SMILES string of the molecule is COc1cc(Cl)c(C)cc1NC(C)c1cccc(C)c1. The van der Waals surface area contributed by atoms with E-state index in [4.69, 9.17) is 16.3 Å². The molecule has 0 aliphatic carbocycles. The van der Waals surface area contributed by atoms with Crippen LogP contribution in [0.25, 0.3) is 0 Å². The fourth-order valence-electron chi connectivity index (χ4n) is 2.20. The van der Waals surface area contributed by atoms with Gasteiger partial charge in [-0.1, -0.05) is 41.4 Å². The monoisotopic (exact) mass is 289 g/mol. The number of hydrogen-bond acceptors (Lipinski definition) is 2. The lowest BCUT2D eigenvalue weighted by Gasteiger charge is -2.19. The summed E-state index contributed by atoms with van der Waals surface area (Å²) in [7, 11) is 1.66. The van der Waals surface area contributed by atoms with Gasteiger partial charge in [-0.25, -0.2) is 0 Å². The Morgan fingerprint density at radius 1 is 1.15 bits per heavy atom. The third kappa shape index (κ3) is 3.26. The highest BCUT2D eigenvalue weighted by Gasteiger charge is 2.11. The number of methoxy groups -OCH3 is 1. The molecule has 0 spiro atoms. The Hall–Kier alpha value is -1.67. The fourth-order valence-corrected chi connectivity index (χ4v) is 2.35. The van der Waals surface area contributed by atoms with Crippen LogP contribution in [0.1, 0.15) is 29.7 Å². The van der Waals surface area contributed by atoms with Crippen molar-refractivity contribution in [1.82, 2.24) is 0 Å². The fraction of sp³-hybridized carbons (Fsp3) is 0.294. The van der Waals surface area contributed by atoms with Gasteiger partial charge in [0.2, 0.25) is 0 Å². The predicted octanol–water partition coefficient (Wildman–Crippen LogP) is 5.14. The van der Waals surface area contributed by atoms with Gasteiger partial charge in [0.05, 0.1) is 12.8 Å². The molecule has 1 unspecified atom stereocenters. The molecule has 0 radical (unpaired) electrons. The first-order chi connectivity index (χ1) is 9.51. The molecule has 1 N–H and O–H groups in total. The summed E-state index contributed by atoms with van der Waals surface area (Å²) in [4.78, 5) is 0. The van der Waals surface area contributed by atoms with Crippen molar-refractivity contribution in [3.8, 4) is 5.75 Å². The normalized spacial score (nSPS) is 12.1. The van der Waals surface area contributed by atoms with E-state index in [0.29, 0.717) is 0 Å². The molecule has 0 aliphatic rings. The van der Waals surface area contributed by atoms with Crippen molar-refractivity contribution < 1.29 is 4.74 Å². The summed E-state index contributed by atoms with van der Waals surface area (Å²) in [5, 5.41) is 4.21. The highest BCUT2D eigenvalue weighted by atomic mass is 35.5. The van der Waals surface area contributed by atoms with E-state index in [1.54, 1.807) is 7.11 Å². The average molecular weight is 290 g/mol. The molecule has 1 atom stereocenters. The van der Waals surface area contributed by atoms with Gasteiger partial charge in [-0.15, -0.1) is 0 Å². The number of halogens is 1. The smallest absolute Gasteiger partial charge is 0.143 e. The van der Waals surface area contributed by atoms with Crippen LogP contribution in [0.3, 0.4) is 0 Å². The summed E-state index contributed by atoms with van der Waals surface area (Å²) in [5.74, 6) is 0.764. The zero-order valence-corrected chi connectivity index (χ0v) is 13.1. The van der Waals surface area contributed by atoms with Gasteiger partial charge in [-0.2, -0.15) is 0 Å². The maximum absolute atomic E-state index is 6.13. The van der Waals surface area contributed by atoms with Crippen LogP contribution in [0.15, 0.2) is 36.4 Å². The molecule has 0 saturated heterocycles. The Morgan fingerprint density at radius 2 is 1.90 bits per heavy atom. The molecular formula is C17H20ClNO. The van der Waals surface area contributed by atoms with Crippen molar-refractivity contribution in [1.29, 1.82) is 0 Å². The number of ether oxygens (including phenoxy) is 1. The Labute approximate surface area is 125 Å². The van der Waals surface area contributed by atoms with Crippen molar-refractivity contribution in [2.45, 2.75) is 26.8 Å². The summed E-state index contributed by atoms with van der Waals surface area (Å²) in [6.45, 7) is 6.23. The first-order valence-corrected chi connectivity index (χ1v) is 7.06. The van der Waals surface area contributed by atoms with E-state index in [2.05, 4.69) is 43.4 Å². The number of nitrogens with one attached hydrogen (secondary N) is 1. The molecule has 106 valence electrons. The molecule has 2 aromatic carbocycles. The maximum atomic E-state index is 6.13. The lowest BCUT2D eigenvalue weighted by atomic mass is 10.1. The molecule has 20 heavy (non-hydrogen) atoms. The summed E-state index contributed by atoms with van der Waals surface area (Å²) in [6, 6.07) is 12.6. The third-order valence-electron chi connectivity index (χ3n) is 3.39. The first-order valence-electron chi connectivity index (χ1n) is 6.68. The maximum Gasteiger partial charge on any atom is 0.143 e. The quantitative estimate of drug-likeness (QED) is 0.841. The molecule has 2 rings (SSSR count). The van der Waals surface area contributed by atoms with E-state index < -0.39 is 0 Å². The van der Waals surface area contributed by atoms with Crippen LogP contribution in [0.2, 0.25) is 5.02 Å². The lowest BCUT2D eigenvalue weighted by molar-refractivity contribution is 0.416. The average Bonchev–Trinajstić information content (AvgIpc) is 2.42. The predicted molar refractivity (Wildman–Crippen MR) is 86.0 cm³/mol. The van der Waals surface area contributed by atoms with E-state index in [0.717, 1.165) is 22.0 Å².